The lowest BCUT2D eigenvalue weighted by Crippen LogP contribution is -1.83. The fourth-order valence-electron chi connectivity index (χ4n) is 13.5. The number of hydrogen-bond donors (Lipinski definition) is 0. The molecule has 0 N–H and O–H groups in total. The van der Waals surface area contributed by atoms with Gasteiger partial charge < -0.3 is 0 Å². The minimum atomic E-state index is 1.28. The smallest absolute Gasteiger partial charge is 0.0103 e. The van der Waals surface area contributed by atoms with Crippen molar-refractivity contribution in [3.8, 4) is 66.8 Å². The van der Waals surface area contributed by atoms with Crippen molar-refractivity contribution >= 4 is 64.6 Å². The van der Waals surface area contributed by atoms with Crippen LogP contribution in [0.25, 0.3) is 131 Å². The molecule has 0 heteroatoms. The van der Waals surface area contributed by atoms with Crippen LogP contribution >= 0.6 is 0 Å². The normalized spacial score (nSPS) is 10.6. The van der Waals surface area contributed by atoms with Crippen molar-refractivity contribution in [1.29, 1.82) is 0 Å². The molecule has 18 rings (SSSR count). The van der Waals surface area contributed by atoms with Crippen LogP contribution in [0, 0.1) is 41.5 Å². The second kappa shape index (κ2) is 32.9. The Bertz CT molecular complexity index is 5780. The fraction of sp³-hybridized carbons (Fsp3) is 0.0588. The van der Waals surface area contributed by atoms with Crippen LogP contribution in [0.15, 0.2) is 400 Å². The highest BCUT2D eigenvalue weighted by atomic mass is 14.1. The van der Waals surface area contributed by atoms with Crippen molar-refractivity contribution < 1.29 is 0 Å². The van der Waals surface area contributed by atoms with Gasteiger partial charge >= 0.3 is 0 Å². The van der Waals surface area contributed by atoms with E-state index < -0.39 is 0 Å². The molecular formula is C102H84. The molecule has 0 amide bonds. The van der Waals surface area contributed by atoms with Crippen LogP contribution in [-0.2, 0) is 0 Å². The van der Waals surface area contributed by atoms with Gasteiger partial charge in [0.05, 0.1) is 0 Å². The van der Waals surface area contributed by atoms with Gasteiger partial charge in [0.15, 0.2) is 0 Å². The van der Waals surface area contributed by atoms with E-state index in [0.29, 0.717) is 0 Å². The van der Waals surface area contributed by atoms with Crippen LogP contribution in [-0.4, -0.2) is 0 Å². The largest absolute Gasteiger partial charge is 0.0622 e. The number of hydrogen-bond acceptors (Lipinski definition) is 0. The summed E-state index contributed by atoms with van der Waals surface area (Å²) in [7, 11) is 0. The molecule has 0 spiro atoms. The Kier molecular flexibility index (Phi) is 22.0. The molecule has 0 fully saturated rings. The first-order valence-corrected chi connectivity index (χ1v) is 35.4. The third-order valence-electron chi connectivity index (χ3n) is 18.8. The van der Waals surface area contributed by atoms with Gasteiger partial charge in [-0.3, -0.25) is 0 Å². The summed E-state index contributed by atoms with van der Waals surface area (Å²) in [5.41, 5.74) is 23.4. The SMILES string of the molecule is Cc1cc(-c2ccccc2)c2ccccc2c1.Cc1ccc(-c2ccc3ccccc3c2)cc1.Cc1ccc(-c2ccccc2)c2ccccc12.Cc1ccc2c(-c3ccccc3)cccc2c1.Cc1cccc(-c2ccc3ccccc3c2)c1.Cc1cccc(-c2cccc3ccccc23)c1. The number of aryl methyl sites for hydroxylation is 6. The predicted molar refractivity (Wildman–Crippen MR) is 445 cm³/mol. The highest BCUT2D eigenvalue weighted by Crippen LogP contribution is 2.35. The first kappa shape index (κ1) is 68.1. The molecule has 0 saturated heterocycles. The Hall–Kier alpha value is -12.5. The van der Waals surface area contributed by atoms with Crippen molar-refractivity contribution in [2.45, 2.75) is 41.5 Å². The second-order valence-corrected chi connectivity index (χ2v) is 26.4. The van der Waals surface area contributed by atoms with E-state index in [9.17, 15) is 0 Å². The maximum absolute atomic E-state index is 2.26. The minimum Gasteiger partial charge on any atom is -0.0622 e. The standard InChI is InChI=1S/6C17H14/c1-13-6-4-9-15(12-13)17-11-5-8-14-7-2-3-10-16(14)17;1-13-5-4-8-15(11-13)17-10-9-14-6-2-3-7-16(14)12-17;1-13-11-15-9-5-6-10-16(15)17(12-13)14-7-3-2-4-8-14;1-13-11-12-16(14-7-3-2-4-8-14)17-10-6-5-9-15(13)17;1-13-10-11-17-15(12-13)8-5-9-16(17)14-6-3-2-4-7-14;1-13-6-8-15(9-7-13)17-11-10-14-4-2-3-5-16(14)12-17/h6*2-12H,1H3. The third kappa shape index (κ3) is 17.0. The molecular weight excluding hydrogens is 1230 g/mol. The molecule has 102 heavy (non-hydrogen) atoms. The Morgan fingerprint density at radius 2 is 0.471 bits per heavy atom. The zero-order valence-electron chi connectivity index (χ0n) is 59.1. The van der Waals surface area contributed by atoms with Gasteiger partial charge in [-0.2, -0.15) is 0 Å². The Morgan fingerprint density at radius 3 is 1.04 bits per heavy atom. The van der Waals surface area contributed by atoms with Crippen LogP contribution < -0.4 is 0 Å². The van der Waals surface area contributed by atoms with Gasteiger partial charge in [0.25, 0.3) is 0 Å². The van der Waals surface area contributed by atoms with Gasteiger partial charge in [0.2, 0.25) is 0 Å². The van der Waals surface area contributed by atoms with E-state index in [1.807, 2.05) is 0 Å². The fourth-order valence-corrected chi connectivity index (χ4v) is 13.5. The zero-order chi connectivity index (χ0) is 70.0. The quantitative estimate of drug-likeness (QED) is 0.156. The first-order chi connectivity index (χ1) is 50.0. The maximum Gasteiger partial charge on any atom is -0.0103 e. The van der Waals surface area contributed by atoms with Crippen molar-refractivity contribution in [3.05, 3.63) is 434 Å². The van der Waals surface area contributed by atoms with Crippen LogP contribution in [0.5, 0.6) is 0 Å². The molecule has 0 aliphatic heterocycles. The van der Waals surface area contributed by atoms with Crippen LogP contribution in [0.2, 0.25) is 0 Å². The molecule has 0 saturated carbocycles. The van der Waals surface area contributed by atoms with Crippen LogP contribution in [0.4, 0.5) is 0 Å². The zero-order valence-corrected chi connectivity index (χ0v) is 59.1. The summed E-state index contributed by atoms with van der Waals surface area (Å²) in [6.45, 7) is 12.8. The molecule has 0 bridgehead atoms. The molecule has 0 nitrogen and oxygen atoms in total. The predicted octanol–water partition coefficient (Wildman–Crippen LogP) is 28.9. The van der Waals surface area contributed by atoms with Gasteiger partial charge in [-0.25, -0.2) is 0 Å². The van der Waals surface area contributed by atoms with Crippen LogP contribution in [0.3, 0.4) is 0 Å². The molecule has 0 aliphatic rings. The van der Waals surface area contributed by atoms with Gasteiger partial charge in [0.1, 0.15) is 0 Å². The molecule has 0 aliphatic carbocycles. The summed E-state index contributed by atoms with van der Waals surface area (Å²) in [6, 6.07) is 142. The minimum absolute atomic E-state index is 1.28. The summed E-state index contributed by atoms with van der Waals surface area (Å²) in [5, 5.41) is 15.7. The summed E-state index contributed by atoms with van der Waals surface area (Å²) in [5.74, 6) is 0. The summed E-state index contributed by atoms with van der Waals surface area (Å²) in [6.07, 6.45) is 0. The highest BCUT2D eigenvalue weighted by molar-refractivity contribution is 6.01. The van der Waals surface area contributed by atoms with E-state index >= 15 is 0 Å². The lowest BCUT2D eigenvalue weighted by atomic mass is 9.96. The van der Waals surface area contributed by atoms with Crippen molar-refractivity contribution in [1.82, 2.24) is 0 Å². The molecule has 0 heterocycles. The van der Waals surface area contributed by atoms with Gasteiger partial charge in [-0.05, 0) is 196 Å². The van der Waals surface area contributed by atoms with Gasteiger partial charge in [0, 0.05) is 0 Å². The van der Waals surface area contributed by atoms with Gasteiger partial charge in [-0.1, -0.05) is 411 Å². The van der Waals surface area contributed by atoms with E-state index in [1.165, 1.54) is 165 Å². The summed E-state index contributed by atoms with van der Waals surface area (Å²) < 4.78 is 0. The van der Waals surface area contributed by atoms with E-state index in [2.05, 4.69) is 442 Å². The summed E-state index contributed by atoms with van der Waals surface area (Å²) >= 11 is 0. The van der Waals surface area contributed by atoms with Crippen molar-refractivity contribution in [2.75, 3.05) is 0 Å². The van der Waals surface area contributed by atoms with Gasteiger partial charge in [-0.15, -0.1) is 0 Å². The maximum atomic E-state index is 2.26. The molecule has 0 radical (unpaired) electrons. The number of fused-ring (bicyclic) bond motifs is 6. The average Bonchev–Trinajstić information content (AvgIpc) is 0.818. The molecule has 0 atom stereocenters. The van der Waals surface area contributed by atoms with E-state index in [-0.39, 0.29) is 0 Å². The topological polar surface area (TPSA) is 0 Å². The monoisotopic (exact) mass is 1310 g/mol. The number of rotatable bonds is 6. The average molecular weight is 1310 g/mol. The van der Waals surface area contributed by atoms with E-state index in [1.54, 1.807) is 0 Å². The third-order valence-corrected chi connectivity index (χ3v) is 18.8. The van der Waals surface area contributed by atoms with E-state index in [0.717, 1.165) is 0 Å². The Labute approximate surface area is 602 Å². The van der Waals surface area contributed by atoms with Crippen molar-refractivity contribution in [3.63, 3.8) is 0 Å². The van der Waals surface area contributed by atoms with E-state index in [4.69, 9.17) is 0 Å². The second-order valence-electron chi connectivity index (χ2n) is 26.4. The van der Waals surface area contributed by atoms with Crippen molar-refractivity contribution in [2.24, 2.45) is 0 Å². The lowest BCUT2D eigenvalue weighted by Gasteiger charge is -2.09. The molecule has 18 aromatic rings. The highest BCUT2D eigenvalue weighted by Gasteiger charge is 2.09. The molecule has 0 unspecified atom stereocenters. The molecule has 492 valence electrons. The Balaban J connectivity index is 0.000000109. The molecule has 0 aromatic heterocycles. The number of benzene rings is 18. The summed E-state index contributed by atoms with van der Waals surface area (Å²) in [4.78, 5) is 0. The lowest BCUT2D eigenvalue weighted by molar-refractivity contribution is 1.47. The molecule has 18 aromatic carbocycles. The first-order valence-electron chi connectivity index (χ1n) is 35.4. The Morgan fingerprint density at radius 1 is 0.127 bits per heavy atom. The van der Waals surface area contributed by atoms with Crippen LogP contribution in [0.1, 0.15) is 33.4 Å².